The summed E-state index contributed by atoms with van der Waals surface area (Å²) in [7, 11) is 0. The van der Waals surface area contributed by atoms with Gasteiger partial charge in [0.15, 0.2) is 11.6 Å². The van der Waals surface area contributed by atoms with Gasteiger partial charge in [-0.05, 0) is 37.9 Å². The standard InChI is InChI=1S/C7HBr2F5/c8-2-1-3(9)6(11)4(5(2)10)7(12,13)14/h1H. The molecule has 0 radical (unpaired) electrons. The SMILES string of the molecule is Fc1c(Br)cc(Br)c(F)c1C(F)(F)F. The second-order valence-corrected chi connectivity index (χ2v) is 4.05. The van der Waals surface area contributed by atoms with E-state index in [-0.39, 0.29) is 0 Å². The van der Waals surface area contributed by atoms with E-state index in [2.05, 4.69) is 31.9 Å². The van der Waals surface area contributed by atoms with Crippen molar-refractivity contribution in [3.8, 4) is 0 Å². The molecule has 0 saturated heterocycles. The van der Waals surface area contributed by atoms with E-state index in [9.17, 15) is 22.0 Å². The predicted octanol–water partition coefficient (Wildman–Crippen LogP) is 4.51. The van der Waals surface area contributed by atoms with Crippen LogP contribution in [0.25, 0.3) is 0 Å². The van der Waals surface area contributed by atoms with Crippen LogP contribution < -0.4 is 0 Å². The van der Waals surface area contributed by atoms with Gasteiger partial charge in [0.1, 0.15) is 5.56 Å². The number of rotatable bonds is 0. The van der Waals surface area contributed by atoms with Gasteiger partial charge < -0.3 is 0 Å². The highest BCUT2D eigenvalue weighted by atomic mass is 79.9. The van der Waals surface area contributed by atoms with Gasteiger partial charge >= 0.3 is 6.18 Å². The lowest BCUT2D eigenvalue weighted by molar-refractivity contribution is -0.142. The second kappa shape index (κ2) is 3.77. The number of hydrogen-bond acceptors (Lipinski definition) is 0. The van der Waals surface area contributed by atoms with E-state index >= 15 is 0 Å². The van der Waals surface area contributed by atoms with Gasteiger partial charge in [-0.2, -0.15) is 13.2 Å². The maximum absolute atomic E-state index is 12.9. The van der Waals surface area contributed by atoms with Gasteiger partial charge in [0.2, 0.25) is 0 Å². The van der Waals surface area contributed by atoms with Gasteiger partial charge in [-0.15, -0.1) is 0 Å². The van der Waals surface area contributed by atoms with Gasteiger partial charge in [-0.1, -0.05) is 0 Å². The van der Waals surface area contributed by atoms with Crippen LogP contribution in [0.1, 0.15) is 5.56 Å². The fourth-order valence-corrected chi connectivity index (χ4v) is 1.98. The Morgan fingerprint density at radius 3 is 1.57 bits per heavy atom. The van der Waals surface area contributed by atoms with Crippen LogP contribution >= 0.6 is 31.9 Å². The lowest BCUT2D eigenvalue weighted by Crippen LogP contribution is -2.12. The zero-order valence-electron chi connectivity index (χ0n) is 6.22. The summed E-state index contributed by atoms with van der Waals surface area (Å²) in [4.78, 5) is 0. The maximum atomic E-state index is 12.9. The van der Waals surface area contributed by atoms with Crippen LogP contribution in [-0.2, 0) is 6.18 Å². The lowest BCUT2D eigenvalue weighted by atomic mass is 10.2. The number of benzene rings is 1. The van der Waals surface area contributed by atoms with Crippen molar-refractivity contribution in [2.24, 2.45) is 0 Å². The van der Waals surface area contributed by atoms with Crippen molar-refractivity contribution in [1.29, 1.82) is 0 Å². The van der Waals surface area contributed by atoms with Crippen molar-refractivity contribution in [3.05, 3.63) is 32.2 Å². The van der Waals surface area contributed by atoms with E-state index in [4.69, 9.17) is 0 Å². The minimum absolute atomic E-state index is 0.446. The first kappa shape index (κ1) is 11.9. The summed E-state index contributed by atoms with van der Waals surface area (Å²) < 4.78 is 61.4. The molecule has 0 aliphatic rings. The molecule has 0 heterocycles. The number of alkyl halides is 3. The molecular formula is C7HBr2F5. The van der Waals surface area contributed by atoms with Crippen LogP contribution in [0.5, 0.6) is 0 Å². The average molecular weight is 340 g/mol. The third-order valence-corrected chi connectivity index (χ3v) is 2.55. The molecule has 0 bridgehead atoms. The summed E-state index contributed by atoms with van der Waals surface area (Å²) in [6, 6.07) is 0.875. The Morgan fingerprint density at radius 1 is 0.929 bits per heavy atom. The average Bonchev–Trinajstić information content (AvgIpc) is 1.98. The van der Waals surface area contributed by atoms with Crippen LogP contribution in [0.3, 0.4) is 0 Å². The summed E-state index contributed by atoms with van der Waals surface area (Å²) in [6.07, 6.45) is -5.06. The largest absolute Gasteiger partial charge is 0.422 e. The van der Waals surface area contributed by atoms with Crippen molar-refractivity contribution in [1.82, 2.24) is 0 Å². The van der Waals surface area contributed by atoms with Crippen LogP contribution in [0, 0.1) is 11.6 Å². The zero-order valence-corrected chi connectivity index (χ0v) is 9.40. The van der Waals surface area contributed by atoms with Crippen molar-refractivity contribution in [2.45, 2.75) is 6.18 Å². The van der Waals surface area contributed by atoms with Crippen LogP contribution in [0.4, 0.5) is 22.0 Å². The van der Waals surface area contributed by atoms with Gasteiger partial charge in [0, 0.05) is 0 Å². The minimum Gasteiger partial charge on any atom is -0.205 e. The van der Waals surface area contributed by atoms with Crippen molar-refractivity contribution in [2.75, 3.05) is 0 Å². The number of halogens is 7. The molecule has 14 heavy (non-hydrogen) atoms. The fraction of sp³-hybridized carbons (Fsp3) is 0.143. The summed E-state index contributed by atoms with van der Waals surface area (Å²) in [6.45, 7) is 0. The summed E-state index contributed by atoms with van der Waals surface area (Å²) in [5.41, 5.74) is -1.90. The third kappa shape index (κ3) is 2.08. The Kier molecular flexibility index (Phi) is 3.20. The van der Waals surface area contributed by atoms with Gasteiger partial charge in [0.25, 0.3) is 0 Å². The predicted molar refractivity (Wildman–Crippen MR) is 46.8 cm³/mol. The molecule has 0 nitrogen and oxygen atoms in total. The maximum Gasteiger partial charge on any atom is 0.422 e. The number of hydrogen-bond donors (Lipinski definition) is 0. The molecule has 0 aromatic heterocycles. The summed E-state index contributed by atoms with van der Waals surface area (Å²) >= 11 is 5.10. The molecular weight excluding hydrogens is 339 g/mol. The second-order valence-electron chi connectivity index (χ2n) is 2.34. The monoisotopic (exact) mass is 338 g/mol. The molecule has 1 aromatic carbocycles. The van der Waals surface area contributed by atoms with E-state index in [1.54, 1.807) is 0 Å². The Morgan fingerprint density at radius 2 is 1.29 bits per heavy atom. The topological polar surface area (TPSA) is 0 Å². The van der Waals surface area contributed by atoms with E-state index in [1.165, 1.54) is 0 Å². The molecule has 1 aromatic rings. The van der Waals surface area contributed by atoms with Crippen LogP contribution in [0.15, 0.2) is 15.0 Å². The first-order valence-electron chi connectivity index (χ1n) is 3.15. The Bertz CT molecular complexity index is 345. The molecule has 0 atom stereocenters. The molecule has 0 aliphatic heterocycles. The Hall–Kier alpha value is -0.170. The smallest absolute Gasteiger partial charge is 0.205 e. The van der Waals surface area contributed by atoms with Crippen LogP contribution in [0.2, 0.25) is 0 Å². The molecule has 7 heteroatoms. The fourth-order valence-electron chi connectivity index (χ4n) is 0.822. The van der Waals surface area contributed by atoms with Crippen LogP contribution in [-0.4, -0.2) is 0 Å². The molecule has 0 saturated carbocycles. The molecule has 0 aliphatic carbocycles. The molecule has 0 unspecified atom stereocenters. The molecule has 0 spiro atoms. The molecule has 0 amide bonds. The van der Waals surface area contributed by atoms with E-state index in [1.807, 2.05) is 0 Å². The highest BCUT2D eigenvalue weighted by Gasteiger charge is 2.39. The molecule has 78 valence electrons. The Balaban J connectivity index is 3.56. The normalized spacial score (nSPS) is 11.9. The van der Waals surface area contributed by atoms with E-state index in [0.717, 1.165) is 6.07 Å². The first-order valence-corrected chi connectivity index (χ1v) is 4.74. The molecule has 0 N–H and O–H groups in total. The highest BCUT2D eigenvalue weighted by molar-refractivity contribution is 9.11. The third-order valence-electron chi connectivity index (χ3n) is 1.40. The van der Waals surface area contributed by atoms with Gasteiger partial charge in [-0.3, -0.25) is 0 Å². The molecule has 0 fully saturated rings. The van der Waals surface area contributed by atoms with Crippen molar-refractivity contribution < 1.29 is 22.0 Å². The minimum atomic E-state index is -5.06. The van der Waals surface area contributed by atoms with Gasteiger partial charge in [0.05, 0.1) is 8.95 Å². The van der Waals surface area contributed by atoms with Crippen molar-refractivity contribution in [3.63, 3.8) is 0 Å². The quantitative estimate of drug-likeness (QED) is 0.482. The summed E-state index contributed by atoms with van der Waals surface area (Å²) in [5.74, 6) is -3.31. The van der Waals surface area contributed by atoms with E-state index < -0.39 is 32.3 Å². The highest BCUT2D eigenvalue weighted by Crippen LogP contribution is 2.38. The Labute approximate surface area is 92.4 Å². The summed E-state index contributed by atoms with van der Waals surface area (Å²) in [5, 5.41) is 0. The zero-order chi connectivity index (χ0) is 11.1. The molecule has 1 rings (SSSR count). The van der Waals surface area contributed by atoms with E-state index in [0.29, 0.717) is 0 Å². The van der Waals surface area contributed by atoms with Gasteiger partial charge in [-0.25, -0.2) is 8.78 Å². The van der Waals surface area contributed by atoms with Crippen molar-refractivity contribution >= 4 is 31.9 Å². The first-order chi connectivity index (χ1) is 6.25. The lowest BCUT2D eigenvalue weighted by Gasteiger charge is -2.11.